The number of amides is 1. The topological polar surface area (TPSA) is 86.1 Å². The van der Waals surface area contributed by atoms with Crippen molar-refractivity contribution in [2.75, 3.05) is 11.9 Å². The van der Waals surface area contributed by atoms with E-state index in [9.17, 15) is 9.59 Å². The Bertz CT molecular complexity index is 1150. The average Bonchev–Trinajstić information content (AvgIpc) is 3.26. The number of ether oxygens (including phenoxy) is 1. The second-order valence-corrected chi connectivity index (χ2v) is 6.88. The Balaban J connectivity index is 1.52. The van der Waals surface area contributed by atoms with E-state index in [1.165, 1.54) is 0 Å². The molecule has 0 fully saturated rings. The highest BCUT2D eigenvalue weighted by molar-refractivity contribution is 6.33. The number of benzene rings is 3. The molecule has 1 N–H and O–H groups in total. The van der Waals surface area contributed by atoms with Gasteiger partial charge in [-0.1, -0.05) is 72.3 Å². The predicted octanol–water partition coefficient (Wildman–Crippen LogP) is 4.38. The van der Waals surface area contributed by atoms with Crippen molar-refractivity contribution in [3.05, 3.63) is 95.8 Å². The molecule has 3 aromatic carbocycles. The minimum atomic E-state index is -0.804. The first-order chi connectivity index (χ1) is 15.1. The van der Waals surface area contributed by atoms with Gasteiger partial charge in [0.1, 0.15) is 0 Å². The van der Waals surface area contributed by atoms with Crippen LogP contribution in [0.4, 0.5) is 5.69 Å². The zero-order chi connectivity index (χ0) is 21.6. The number of nitrogens with one attached hydrogen (secondary N) is 1. The molecule has 0 atom stereocenters. The van der Waals surface area contributed by atoms with Gasteiger partial charge < -0.3 is 10.1 Å². The van der Waals surface area contributed by atoms with Gasteiger partial charge in [0, 0.05) is 5.56 Å². The van der Waals surface area contributed by atoms with Crippen molar-refractivity contribution in [1.82, 2.24) is 14.8 Å². The third-order valence-corrected chi connectivity index (χ3v) is 4.63. The molecular formula is C23H17ClN4O3. The van der Waals surface area contributed by atoms with Crippen LogP contribution in [-0.4, -0.2) is 33.2 Å². The molecule has 1 heterocycles. The minimum Gasteiger partial charge on any atom is -0.450 e. The lowest BCUT2D eigenvalue weighted by atomic mass is 10.2. The fourth-order valence-corrected chi connectivity index (χ4v) is 3.05. The largest absolute Gasteiger partial charge is 0.450 e. The Morgan fingerprint density at radius 3 is 2.26 bits per heavy atom. The van der Waals surface area contributed by atoms with Crippen LogP contribution in [0, 0.1) is 0 Å². The fraction of sp³-hybridized carbons (Fsp3) is 0.0435. The van der Waals surface area contributed by atoms with Crippen molar-refractivity contribution in [1.29, 1.82) is 0 Å². The van der Waals surface area contributed by atoms with Gasteiger partial charge in [-0.15, -0.1) is 5.10 Å². The normalized spacial score (nSPS) is 10.5. The zero-order valence-corrected chi connectivity index (χ0v) is 17.0. The molecule has 0 saturated carbocycles. The SMILES string of the molecule is O=C(COC(=O)c1nc(-c2ccccc2)n(-c2ccccc2)n1)Nc1ccccc1Cl. The molecule has 0 saturated heterocycles. The molecule has 1 aromatic heterocycles. The van der Waals surface area contributed by atoms with Gasteiger partial charge in [0.25, 0.3) is 11.7 Å². The molecule has 0 aliphatic carbocycles. The number of hydrogen-bond acceptors (Lipinski definition) is 5. The summed E-state index contributed by atoms with van der Waals surface area (Å²) >= 11 is 6.02. The molecular weight excluding hydrogens is 416 g/mol. The van der Waals surface area contributed by atoms with Crippen molar-refractivity contribution in [3.8, 4) is 17.1 Å². The number of nitrogens with zero attached hydrogens (tertiary/aromatic N) is 3. The van der Waals surface area contributed by atoms with Gasteiger partial charge in [-0.2, -0.15) is 0 Å². The molecule has 1 amide bonds. The van der Waals surface area contributed by atoms with E-state index in [1.54, 1.807) is 28.9 Å². The lowest BCUT2D eigenvalue weighted by molar-refractivity contribution is -0.119. The summed E-state index contributed by atoms with van der Waals surface area (Å²) in [4.78, 5) is 29.0. The number of halogens is 1. The number of carbonyl (C=O) groups is 2. The number of rotatable bonds is 6. The molecule has 154 valence electrons. The predicted molar refractivity (Wildman–Crippen MR) is 117 cm³/mol. The summed E-state index contributed by atoms with van der Waals surface area (Å²) in [5, 5.41) is 7.29. The first-order valence-electron chi connectivity index (χ1n) is 9.41. The quantitative estimate of drug-likeness (QED) is 0.457. The van der Waals surface area contributed by atoms with E-state index in [0.29, 0.717) is 16.5 Å². The maximum Gasteiger partial charge on any atom is 0.378 e. The fourth-order valence-electron chi connectivity index (χ4n) is 2.87. The summed E-state index contributed by atoms with van der Waals surface area (Å²) in [5.41, 5.74) is 1.96. The molecule has 31 heavy (non-hydrogen) atoms. The third-order valence-electron chi connectivity index (χ3n) is 4.30. The molecule has 0 aliphatic heterocycles. The highest BCUT2D eigenvalue weighted by atomic mass is 35.5. The van der Waals surface area contributed by atoms with Crippen LogP contribution >= 0.6 is 11.6 Å². The van der Waals surface area contributed by atoms with E-state index < -0.39 is 18.5 Å². The molecule has 8 heteroatoms. The number of hydrogen-bond donors (Lipinski definition) is 1. The molecule has 7 nitrogen and oxygen atoms in total. The second-order valence-electron chi connectivity index (χ2n) is 6.48. The van der Waals surface area contributed by atoms with Crippen molar-refractivity contribution in [3.63, 3.8) is 0 Å². The summed E-state index contributed by atoms with van der Waals surface area (Å²) in [5.74, 6) is -0.985. The molecule has 0 aliphatic rings. The van der Waals surface area contributed by atoms with Crippen LogP contribution < -0.4 is 5.32 Å². The maximum absolute atomic E-state index is 12.5. The van der Waals surface area contributed by atoms with Crippen LogP contribution in [0.2, 0.25) is 5.02 Å². The Labute approximate surface area is 183 Å². The summed E-state index contributed by atoms with van der Waals surface area (Å²) in [6, 6.07) is 25.5. The summed E-state index contributed by atoms with van der Waals surface area (Å²) in [6.45, 7) is -0.495. The van der Waals surface area contributed by atoms with Crippen molar-refractivity contribution >= 4 is 29.2 Å². The van der Waals surface area contributed by atoms with E-state index in [-0.39, 0.29) is 5.82 Å². The van der Waals surface area contributed by atoms with Crippen LogP contribution in [0.5, 0.6) is 0 Å². The number of anilines is 1. The monoisotopic (exact) mass is 432 g/mol. The third kappa shape index (κ3) is 4.79. The maximum atomic E-state index is 12.5. The van der Waals surface area contributed by atoms with E-state index >= 15 is 0 Å². The van der Waals surface area contributed by atoms with Crippen LogP contribution in [0.3, 0.4) is 0 Å². The molecule has 0 unspecified atom stereocenters. The van der Waals surface area contributed by atoms with E-state index in [2.05, 4.69) is 15.4 Å². The van der Waals surface area contributed by atoms with E-state index in [4.69, 9.17) is 16.3 Å². The number of esters is 1. The molecule has 0 spiro atoms. The average molecular weight is 433 g/mol. The van der Waals surface area contributed by atoms with Crippen LogP contribution in [0.15, 0.2) is 84.9 Å². The first-order valence-corrected chi connectivity index (χ1v) is 9.79. The lowest BCUT2D eigenvalue weighted by Gasteiger charge is -2.06. The van der Waals surface area contributed by atoms with E-state index in [1.807, 2.05) is 60.7 Å². The highest BCUT2D eigenvalue weighted by Crippen LogP contribution is 2.22. The smallest absolute Gasteiger partial charge is 0.378 e. The van der Waals surface area contributed by atoms with Gasteiger partial charge >= 0.3 is 5.97 Å². The summed E-state index contributed by atoms with van der Waals surface area (Å²) in [7, 11) is 0. The van der Waals surface area contributed by atoms with Crippen LogP contribution in [0.1, 0.15) is 10.6 Å². The van der Waals surface area contributed by atoms with Gasteiger partial charge in [-0.05, 0) is 24.3 Å². The van der Waals surface area contributed by atoms with Gasteiger partial charge in [-0.25, -0.2) is 14.5 Å². The Morgan fingerprint density at radius 1 is 0.903 bits per heavy atom. The van der Waals surface area contributed by atoms with E-state index in [0.717, 1.165) is 11.3 Å². The number of carbonyl (C=O) groups excluding carboxylic acids is 2. The zero-order valence-electron chi connectivity index (χ0n) is 16.2. The molecule has 4 rings (SSSR count). The second kappa shape index (κ2) is 9.23. The Hall–Kier alpha value is -3.97. The highest BCUT2D eigenvalue weighted by Gasteiger charge is 2.21. The lowest BCUT2D eigenvalue weighted by Crippen LogP contribution is -2.21. The van der Waals surface area contributed by atoms with Crippen molar-refractivity contribution in [2.24, 2.45) is 0 Å². The standard InChI is InChI=1S/C23H17ClN4O3/c24-18-13-7-8-14-19(18)25-20(29)15-31-23(30)21-26-22(16-9-3-1-4-10-16)28(27-21)17-11-5-2-6-12-17/h1-14H,15H2,(H,25,29). The molecule has 0 bridgehead atoms. The van der Waals surface area contributed by atoms with Crippen molar-refractivity contribution < 1.29 is 14.3 Å². The van der Waals surface area contributed by atoms with Crippen molar-refractivity contribution in [2.45, 2.75) is 0 Å². The summed E-state index contributed by atoms with van der Waals surface area (Å²) < 4.78 is 6.67. The van der Waals surface area contributed by atoms with Gasteiger partial charge in [0.05, 0.1) is 16.4 Å². The van der Waals surface area contributed by atoms with Gasteiger partial charge in [0.2, 0.25) is 0 Å². The Morgan fingerprint density at radius 2 is 1.55 bits per heavy atom. The van der Waals surface area contributed by atoms with Gasteiger partial charge in [-0.3, -0.25) is 4.79 Å². The number of aromatic nitrogens is 3. The Kier molecular flexibility index (Phi) is 6.05. The van der Waals surface area contributed by atoms with Crippen LogP contribution in [-0.2, 0) is 9.53 Å². The molecule has 4 aromatic rings. The first kappa shape index (κ1) is 20.3. The number of para-hydroxylation sites is 2. The molecule has 0 radical (unpaired) electrons. The van der Waals surface area contributed by atoms with Gasteiger partial charge in [0.15, 0.2) is 12.4 Å². The minimum absolute atomic E-state index is 0.145. The van der Waals surface area contributed by atoms with Crippen LogP contribution in [0.25, 0.3) is 17.1 Å². The summed E-state index contributed by atoms with van der Waals surface area (Å²) in [6.07, 6.45) is 0.